The molecule has 0 aliphatic heterocycles. The molecule has 0 unspecified atom stereocenters. The minimum absolute atomic E-state index is 0.0310. The Labute approximate surface area is 115 Å². The Bertz CT molecular complexity index is 473. The molecule has 1 aromatic rings. The van der Waals surface area contributed by atoms with Gasteiger partial charge in [-0.05, 0) is 25.5 Å². The third-order valence-corrected chi connectivity index (χ3v) is 3.02. The number of anilines is 1. The second kappa shape index (κ2) is 6.36. The Morgan fingerprint density at radius 2 is 1.89 bits per heavy atom. The van der Waals surface area contributed by atoms with E-state index in [1.807, 2.05) is 38.1 Å². The van der Waals surface area contributed by atoms with Crippen LogP contribution in [0.25, 0.3) is 0 Å². The van der Waals surface area contributed by atoms with Gasteiger partial charge in [-0.2, -0.15) is 5.10 Å². The molecular weight excluding hydrogens is 238 g/mol. The SMILES string of the molecule is CC(=NNC(=O)CNc1ccccc1C)C(C)(C)C. The van der Waals surface area contributed by atoms with Crippen LogP contribution in [0.4, 0.5) is 5.69 Å². The van der Waals surface area contributed by atoms with Gasteiger partial charge < -0.3 is 5.32 Å². The van der Waals surface area contributed by atoms with Crippen LogP contribution in [0.15, 0.2) is 29.4 Å². The van der Waals surface area contributed by atoms with Gasteiger partial charge in [-0.3, -0.25) is 4.79 Å². The van der Waals surface area contributed by atoms with Crippen LogP contribution in [-0.2, 0) is 4.79 Å². The highest BCUT2D eigenvalue weighted by Crippen LogP contribution is 2.15. The summed E-state index contributed by atoms with van der Waals surface area (Å²) in [6.45, 7) is 10.3. The maximum atomic E-state index is 11.7. The highest BCUT2D eigenvalue weighted by molar-refractivity contribution is 5.89. The van der Waals surface area contributed by atoms with Crippen molar-refractivity contribution in [1.82, 2.24) is 5.43 Å². The lowest BCUT2D eigenvalue weighted by Gasteiger charge is -2.17. The van der Waals surface area contributed by atoms with Crippen molar-refractivity contribution in [3.05, 3.63) is 29.8 Å². The Balaban J connectivity index is 2.48. The summed E-state index contributed by atoms with van der Waals surface area (Å²) in [5, 5.41) is 7.20. The highest BCUT2D eigenvalue weighted by atomic mass is 16.2. The van der Waals surface area contributed by atoms with Crippen molar-refractivity contribution < 1.29 is 4.79 Å². The van der Waals surface area contributed by atoms with Crippen molar-refractivity contribution in [3.8, 4) is 0 Å². The number of aryl methyl sites for hydroxylation is 1. The van der Waals surface area contributed by atoms with E-state index < -0.39 is 0 Å². The normalized spacial score (nSPS) is 12.2. The molecule has 0 saturated carbocycles. The average Bonchev–Trinajstić information content (AvgIpc) is 2.33. The summed E-state index contributed by atoms with van der Waals surface area (Å²) in [6.07, 6.45) is 0. The van der Waals surface area contributed by atoms with Crippen molar-refractivity contribution in [3.63, 3.8) is 0 Å². The van der Waals surface area contributed by atoms with Gasteiger partial charge in [0.25, 0.3) is 5.91 Å². The predicted octanol–water partition coefficient (Wildman–Crippen LogP) is 2.95. The second-order valence-electron chi connectivity index (χ2n) is 5.65. The standard InChI is InChI=1S/C15H23N3O/c1-11-8-6-7-9-13(11)16-10-14(19)18-17-12(2)15(3,4)5/h6-9,16H,10H2,1-5H3,(H,18,19). The lowest BCUT2D eigenvalue weighted by atomic mass is 9.91. The largest absolute Gasteiger partial charge is 0.376 e. The Morgan fingerprint density at radius 1 is 1.26 bits per heavy atom. The zero-order valence-corrected chi connectivity index (χ0v) is 12.4. The van der Waals surface area contributed by atoms with Gasteiger partial charge in [0.1, 0.15) is 0 Å². The monoisotopic (exact) mass is 261 g/mol. The van der Waals surface area contributed by atoms with E-state index in [0.29, 0.717) is 0 Å². The number of carbonyl (C=O) groups is 1. The summed E-state index contributed by atoms with van der Waals surface area (Å²) in [4.78, 5) is 11.7. The number of nitrogens with zero attached hydrogens (tertiary/aromatic N) is 1. The van der Waals surface area contributed by atoms with Crippen molar-refractivity contribution in [2.24, 2.45) is 10.5 Å². The highest BCUT2D eigenvalue weighted by Gasteiger charge is 2.14. The molecule has 0 saturated heterocycles. The molecule has 0 aliphatic carbocycles. The summed E-state index contributed by atoms with van der Waals surface area (Å²) in [5.74, 6) is -0.146. The van der Waals surface area contributed by atoms with Gasteiger partial charge >= 0.3 is 0 Å². The van der Waals surface area contributed by atoms with Gasteiger partial charge in [0.05, 0.1) is 6.54 Å². The van der Waals surface area contributed by atoms with Gasteiger partial charge in [-0.25, -0.2) is 5.43 Å². The Kier molecular flexibility index (Phi) is 5.10. The zero-order valence-electron chi connectivity index (χ0n) is 12.4. The summed E-state index contributed by atoms with van der Waals surface area (Å²) >= 11 is 0. The van der Waals surface area contributed by atoms with E-state index in [0.717, 1.165) is 17.0 Å². The van der Waals surface area contributed by atoms with Crippen LogP contribution < -0.4 is 10.7 Å². The summed E-state index contributed by atoms with van der Waals surface area (Å²) in [6, 6.07) is 7.86. The first-order chi connectivity index (χ1) is 8.80. The molecule has 0 atom stereocenters. The molecule has 0 heterocycles. The van der Waals surface area contributed by atoms with E-state index in [9.17, 15) is 4.79 Å². The van der Waals surface area contributed by atoms with E-state index in [4.69, 9.17) is 0 Å². The second-order valence-corrected chi connectivity index (χ2v) is 5.65. The Hall–Kier alpha value is -1.84. The van der Waals surface area contributed by atoms with Crippen LogP contribution in [0.2, 0.25) is 0 Å². The Morgan fingerprint density at radius 3 is 2.47 bits per heavy atom. The van der Waals surface area contributed by atoms with Crippen molar-refractivity contribution in [1.29, 1.82) is 0 Å². The zero-order chi connectivity index (χ0) is 14.5. The molecule has 0 spiro atoms. The van der Waals surface area contributed by atoms with Crippen LogP contribution >= 0.6 is 0 Å². The van der Waals surface area contributed by atoms with Gasteiger partial charge in [0.15, 0.2) is 0 Å². The molecular formula is C15H23N3O. The van der Waals surface area contributed by atoms with E-state index in [1.165, 1.54) is 0 Å². The molecule has 19 heavy (non-hydrogen) atoms. The topological polar surface area (TPSA) is 53.5 Å². The summed E-state index contributed by atoms with van der Waals surface area (Å²) < 4.78 is 0. The fourth-order valence-electron chi connectivity index (χ4n) is 1.30. The number of hydrazone groups is 1. The molecule has 0 fully saturated rings. The smallest absolute Gasteiger partial charge is 0.259 e. The first kappa shape index (κ1) is 15.2. The molecule has 0 radical (unpaired) electrons. The minimum atomic E-state index is -0.146. The molecule has 0 bridgehead atoms. The predicted molar refractivity (Wildman–Crippen MR) is 80.4 cm³/mol. The molecule has 0 aromatic heterocycles. The quantitative estimate of drug-likeness (QED) is 0.646. The molecule has 1 aromatic carbocycles. The van der Waals surface area contributed by atoms with Crippen LogP contribution in [0.3, 0.4) is 0 Å². The number of rotatable bonds is 4. The van der Waals surface area contributed by atoms with Gasteiger partial charge in [0.2, 0.25) is 0 Å². The molecule has 1 amide bonds. The lowest BCUT2D eigenvalue weighted by molar-refractivity contribution is -0.119. The fraction of sp³-hybridized carbons (Fsp3) is 0.467. The first-order valence-corrected chi connectivity index (χ1v) is 6.44. The van der Waals surface area contributed by atoms with Gasteiger partial charge in [-0.1, -0.05) is 39.0 Å². The number of amides is 1. The maximum Gasteiger partial charge on any atom is 0.259 e. The molecule has 2 N–H and O–H groups in total. The summed E-state index contributed by atoms with van der Waals surface area (Å²) in [7, 11) is 0. The molecule has 1 rings (SSSR count). The number of hydrogen-bond acceptors (Lipinski definition) is 3. The van der Waals surface area contributed by atoms with Crippen molar-refractivity contribution in [2.45, 2.75) is 34.6 Å². The maximum absolute atomic E-state index is 11.7. The van der Waals surface area contributed by atoms with E-state index in [-0.39, 0.29) is 17.9 Å². The van der Waals surface area contributed by atoms with Crippen LogP contribution in [-0.4, -0.2) is 18.2 Å². The number of benzene rings is 1. The van der Waals surface area contributed by atoms with E-state index >= 15 is 0 Å². The molecule has 4 heteroatoms. The first-order valence-electron chi connectivity index (χ1n) is 6.44. The van der Waals surface area contributed by atoms with Crippen LogP contribution in [0.5, 0.6) is 0 Å². The van der Waals surface area contributed by atoms with Gasteiger partial charge in [0, 0.05) is 16.8 Å². The lowest BCUT2D eigenvalue weighted by Crippen LogP contribution is -2.29. The van der Waals surface area contributed by atoms with Crippen LogP contribution in [0.1, 0.15) is 33.3 Å². The number of hydrogen-bond donors (Lipinski definition) is 2. The van der Waals surface area contributed by atoms with Crippen molar-refractivity contribution in [2.75, 3.05) is 11.9 Å². The number of nitrogens with one attached hydrogen (secondary N) is 2. The molecule has 104 valence electrons. The van der Waals surface area contributed by atoms with Crippen molar-refractivity contribution >= 4 is 17.3 Å². The van der Waals surface area contributed by atoms with Gasteiger partial charge in [-0.15, -0.1) is 0 Å². The molecule has 4 nitrogen and oxygen atoms in total. The minimum Gasteiger partial charge on any atom is -0.376 e. The summed E-state index contributed by atoms with van der Waals surface area (Å²) in [5.41, 5.74) is 5.52. The number of carbonyl (C=O) groups excluding carboxylic acids is 1. The third kappa shape index (κ3) is 5.12. The fourth-order valence-corrected chi connectivity index (χ4v) is 1.30. The third-order valence-electron chi connectivity index (χ3n) is 3.02. The number of para-hydroxylation sites is 1. The average molecular weight is 261 g/mol. The van der Waals surface area contributed by atoms with E-state index in [1.54, 1.807) is 0 Å². The molecule has 0 aliphatic rings. The van der Waals surface area contributed by atoms with E-state index in [2.05, 4.69) is 36.6 Å². The van der Waals surface area contributed by atoms with Crippen LogP contribution in [0, 0.1) is 12.3 Å².